The van der Waals surface area contributed by atoms with Crippen LogP contribution in [0.2, 0.25) is 5.02 Å². The maximum absolute atomic E-state index is 12.0. The van der Waals surface area contributed by atoms with Crippen LogP contribution in [0.5, 0.6) is 0 Å². The maximum atomic E-state index is 12.0. The van der Waals surface area contributed by atoms with E-state index in [9.17, 15) is 13.2 Å². The van der Waals surface area contributed by atoms with E-state index < -0.39 is 12.6 Å². The Morgan fingerprint density at radius 1 is 1.35 bits per heavy atom. The molecule has 0 aliphatic rings. The molecule has 0 fully saturated rings. The van der Waals surface area contributed by atoms with Gasteiger partial charge in [0, 0.05) is 12.5 Å². The van der Waals surface area contributed by atoms with Crippen LogP contribution in [0.4, 0.5) is 18.9 Å². The molecule has 0 aliphatic carbocycles. The van der Waals surface area contributed by atoms with Crippen molar-refractivity contribution in [2.24, 2.45) is 0 Å². The van der Waals surface area contributed by atoms with Crippen molar-refractivity contribution < 1.29 is 17.6 Å². The van der Waals surface area contributed by atoms with Crippen LogP contribution in [0.3, 0.4) is 0 Å². The summed E-state index contributed by atoms with van der Waals surface area (Å²) in [6, 6.07) is 2.91. The Morgan fingerprint density at radius 3 is 2.71 bits per heavy atom. The van der Waals surface area contributed by atoms with Crippen molar-refractivity contribution in [1.82, 2.24) is 4.98 Å². The minimum atomic E-state index is -4.22. The first-order valence-electron chi connectivity index (χ1n) is 4.76. The van der Waals surface area contributed by atoms with Gasteiger partial charge in [0.2, 0.25) is 0 Å². The van der Waals surface area contributed by atoms with E-state index in [1.54, 1.807) is 0 Å². The van der Waals surface area contributed by atoms with Gasteiger partial charge in [0.05, 0.1) is 17.1 Å². The largest absolute Gasteiger partial charge is 0.441 e. The molecule has 1 aromatic heterocycles. The van der Waals surface area contributed by atoms with E-state index in [-0.39, 0.29) is 12.3 Å². The highest BCUT2D eigenvalue weighted by Crippen LogP contribution is 2.28. The summed E-state index contributed by atoms with van der Waals surface area (Å²) in [5.41, 5.74) is 6.58. The Bertz CT molecular complexity index is 511. The molecule has 0 spiro atoms. The van der Waals surface area contributed by atoms with Gasteiger partial charge in [-0.2, -0.15) is 13.2 Å². The maximum Gasteiger partial charge on any atom is 0.389 e. The molecule has 0 saturated heterocycles. The van der Waals surface area contributed by atoms with Gasteiger partial charge in [-0.3, -0.25) is 0 Å². The van der Waals surface area contributed by atoms with E-state index in [2.05, 4.69) is 4.98 Å². The second-order valence-electron chi connectivity index (χ2n) is 3.56. The number of rotatable bonds is 2. The molecule has 0 saturated carbocycles. The van der Waals surface area contributed by atoms with Crippen LogP contribution in [0.15, 0.2) is 16.5 Å². The standard InChI is InChI=1S/C10H8ClF3N2O/c11-5-3-7-8(4-6(5)15)17-9(16-7)1-2-10(12,13)14/h3-4H,1-2,15H2. The van der Waals surface area contributed by atoms with Gasteiger partial charge in [0.1, 0.15) is 5.52 Å². The summed E-state index contributed by atoms with van der Waals surface area (Å²) in [6.07, 6.45) is -5.49. The first-order chi connectivity index (χ1) is 7.85. The lowest BCUT2D eigenvalue weighted by Crippen LogP contribution is -2.08. The Labute approximate surface area is 99.4 Å². The number of alkyl halides is 3. The quantitative estimate of drug-likeness (QED) is 0.844. The number of nitrogens with two attached hydrogens (primary N) is 1. The molecule has 0 unspecified atom stereocenters. The Balaban J connectivity index is 2.26. The molecule has 2 N–H and O–H groups in total. The number of benzene rings is 1. The smallest absolute Gasteiger partial charge is 0.389 e. The second kappa shape index (κ2) is 4.10. The van der Waals surface area contributed by atoms with Gasteiger partial charge >= 0.3 is 6.18 Å². The number of aryl methyl sites for hydroxylation is 1. The third-order valence-electron chi connectivity index (χ3n) is 2.17. The van der Waals surface area contributed by atoms with Crippen LogP contribution in [-0.4, -0.2) is 11.2 Å². The third kappa shape index (κ3) is 2.82. The molecular formula is C10H8ClF3N2O. The summed E-state index contributed by atoms with van der Waals surface area (Å²) in [4.78, 5) is 3.91. The topological polar surface area (TPSA) is 52.0 Å². The van der Waals surface area contributed by atoms with Gasteiger partial charge in [-0.1, -0.05) is 11.6 Å². The van der Waals surface area contributed by atoms with Crippen LogP contribution in [-0.2, 0) is 6.42 Å². The van der Waals surface area contributed by atoms with E-state index in [1.165, 1.54) is 12.1 Å². The van der Waals surface area contributed by atoms with Gasteiger partial charge < -0.3 is 10.2 Å². The number of nitrogen functional groups attached to an aromatic ring is 1. The number of hydrogen-bond acceptors (Lipinski definition) is 3. The first-order valence-corrected chi connectivity index (χ1v) is 5.14. The fourth-order valence-electron chi connectivity index (χ4n) is 1.37. The first kappa shape index (κ1) is 12.0. The SMILES string of the molecule is Nc1cc2oc(CCC(F)(F)F)nc2cc1Cl. The molecular weight excluding hydrogens is 257 g/mol. The monoisotopic (exact) mass is 264 g/mol. The number of oxazole rings is 1. The van der Waals surface area contributed by atoms with Crippen LogP contribution in [0, 0.1) is 0 Å². The summed E-state index contributed by atoms with van der Waals surface area (Å²) in [6.45, 7) is 0. The molecule has 2 rings (SSSR count). The minimum absolute atomic E-state index is 0.0268. The number of anilines is 1. The van der Waals surface area contributed by atoms with Gasteiger partial charge in [0.25, 0.3) is 0 Å². The Kier molecular flexibility index (Phi) is 2.91. The number of halogens is 4. The van der Waals surface area contributed by atoms with Crippen molar-refractivity contribution >= 4 is 28.4 Å². The lowest BCUT2D eigenvalue weighted by Gasteiger charge is -2.02. The highest BCUT2D eigenvalue weighted by Gasteiger charge is 2.27. The summed E-state index contributed by atoms with van der Waals surface area (Å²) < 4.78 is 41.2. The molecule has 0 radical (unpaired) electrons. The lowest BCUT2D eigenvalue weighted by atomic mass is 10.3. The van der Waals surface area contributed by atoms with Gasteiger partial charge in [0.15, 0.2) is 11.5 Å². The van der Waals surface area contributed by atoms with E-state index in [4.69, 9.17) is 21.8 Å². The average molecular weight is 265 g/mol. The average Bonchev–Trinajstić information content (AvgIpc) is 2.57. The number of fused-ring (bicyclic) bond motifs is 1. The number of hydrogen-bond donors (Lipinski definition) is 1. The summed E-state index contributed by atoms with van der Waals surface area (Å²) in [5.74, 6) is 0.0268. The van der Waals surface area contributed by atoms with E-state index in [0.717, 1.165) is 0 Å². The van der Waals surface area contributed by atoms with Gasteiger partial charge in [-0.05, 0) is 6.07 Å². The molecule has 1 heterocycles. The van der Waals surface area contributed by atoms with Gasteiger partial charge in [-0.15, -0.1) is 0 Å². The second-order valence-corrected chi connectivity index (χ2v) is 3.97. The van der Waals surface area contributed by atoms with Crippen molar-refractivity contribution in [2.45, 2.75) is 19.0 Å². The summed E-state index contributed by atoms with van der Waals surface area (Å²) >= 11 is 5.76. The zero-order valence-electron chi connectivity index (χ0n) is 8.51. The minimum Gasteiger partial charge on any atom is -0.441 e. The molecule has 7 heteroatoms. The fraction of sp³-hybridized carbons (Fsp3) is 0.300. The molecule has 17 heavy (non-hydrogen) atoms. The van der Waals surface area contributed by atoms with Gasteiger partial charge in [-0.25, -0.2) is 4.98 Å². The van der Waals surface area contributed by atoms with Crippen molar-refractivity contribution in [1.29, 1.82) is 0 Å². The highest BCUT2D eigenvalue weighted by molar-refractivity contribution is 6.33. The molecule has 0 amide bonds. The zero-order chi connectivity index (χ0) is 12.6. The fourth-order valence-corrected chi connectivity index (χ4v) is 1.53. The van der Waals surface area contributed by atoms with Crippen molar-refractivity contribution in [3.8, 4) is 0 Å². The lowest BCUT2D eigenvalue weighted by molar-refractivity contribution is -0.134. The predicted molar refractivity (Wildman–Crippen MR) is 57.8 cm³/mol. The Morgan fingerprint density at radius 2 is 2.06 bits per heavy atom. The van der Waals surface area contributed by atoms with Crippen molar-refractivity contribution in [3.05, 3.63) is 23.0 Å². The Hall–Kier alpha value is -1.43. The van der Waals surface area contributed by atoms with Crippen LogP contribution in [0.25, 0.3) is 11.1 Å². The highest BCUT2D eigenvalue weighted by atomic mass is 35.5. The molecule has 0 atom stereocenters. The van der Waals surface area contributed by atoms with E-state index in [0.29, 0.717) is 21.8 Å². The molecule has 92 valence electrons. The van der Waals surface area contributed by atoms with Crippen molar-refractivity contribution in [2.75, 3.05) is 5.73 Å². The van der Waals surface area contributed by atoms with Crippen LogP contribution >= 0.6 is 11.6 Å². The normalized spacial score (nSPS) is 12.2. The van der Waals surface area contributed by atoms with E-state index >= 15 is 0 Å². The number of nitrogens with zero attached hydrogens (tertiary/aromatic N) is 1. The summed E-state index contributed by atoms with van der Waals surface area (Å²) in [5, 5.41) is 0.299. The summed E-state index contributed by atoms with van der Waals surface area (Å²) in [7, 11) is 0. The van der Waals surface area contributed by atoms with Crippen LogP contribution < -0.4 is 5.73 Å². The molecule has 0 aliphatic heterocycles. The van der Waals surface area contributed by atoms with Crippen LogP contribution in [0.1, 0.15) is 12.3 Å². The van der Waals surface area contributed by atoms with E-state index in [1.807, 2.05) is 0 Å². The third-order valence-corrected chi connectivity index (χ3v) is 2.50. The molecule has 1 aromatic carbocycles. The zero-order valence-corrected chi connectivity index (χ0v) is 9.27. The number of aromatic nitrogens is 1. The van der Waals surface area contributed by atoms with Crippen molar-refractivity contribution in [3.63, 3.8) is 0 Å². The molecule has 3 nitrogen and oxygen atoms in total. The predicted octanol–water partition coefficient (Wildman–Crippen LogP) is 3.56. The molecule has 2 aromatic rings. The molecule has 0 bridgehead atoms.